The number of nitrogens with one attached hydrogen (secondary N) is 2. The van der Waals surface area contributed by atoms with Crippen LogP contribution in [0.15, 0.2) is 0 Å². The molecule has 1 saturated heterocycles. The molecule has 2 heterocycles. The number of nitrogens with zero attached hydrogens (tertiary/aromatic N) is 3. The van der Waals surface area contributed by atoms with Gasteiger partial charge in [0.05, 0.1) is 0 Å². The van der Waals surface area contributed by atoms with E-state index in [0.717, 1.165) is 32.5 Å². The Hall–Kier alpha value is -1.43. The molecular formula is C13H23N5O. The second-order valence-corrected chi connectivity index (χ2v) is 5.14. The average molecular weight is 265 g/mol. The number of carbonyl (C=O) groups excluding carboxylic acids is 1. The Bertz CT molecular complexity index is 411. The summed E-state index contributed by atoms with van der Waals surface area (Å²) in [7, 11) is 0. The molecule has 0 spiro atoms. The Balaban J connectivity index is 1.99. The third kappa shape index (κ3) is 3.76. The van der Waals surface area contributed by atoms with Crippen molar-refractivity contribution < 1.29 is 4.79 Å². The van der Waals surface area contributed by atoms with E-state index in [4.69, 9.17) is 0 Å². The van der Waals surface area contributed by atoms with E-state index < -0.39 is 0 Å². The molecule has 1 aromatic heterocycles. The molecular weight excluding hydrogens is 242 g/mol. The van der Waals surface area contributed by atoms with Gasteiger partial charge in [-0.2, -0.15) is 0 Å². The maximum atomic E-state index is 12.4. The number of aryl methyl sites for hydroxylation is 1. The standard InChI is InChI=1S/C13H23N5O/c1-3-8-18(9-11-6-4-5-7-14-11)13(19)12-15-10(2)16-17-12/h11,14H,3-9H2,1-2H3,(H,15,16,17). The summed E-state index contributed by atoms with van der Waals surface area (Å²) in [5.41, 5.74) is 0. The normalized spacial score (nSPS) is 19.4. The van der Waals surface area contributed by atoms with Crippen LogP contribution in [0.4, 0.5) is 0 Å². The first kappa shape index (κ1) is 14.0. The van der Waals surface area contributed by atoms with Gasteiger partial charge in [-0.25, -0.2) is 4.98 Å². The zero-order valence-electron chi connectivity index (χ0n) is 11.8. The number of piperidine rings is 1. The highest BCUT2D eigenvalue weighted by Gasteiger charge is 2.23. The summed E-state index contributed by atoms with van der Waals surface area (Å²) in [6.45, 7) is 6.44. The Morgan fingerprint density at radius 3 is 2.89 bits per heavy atom. The van der Waals surface area contributed by atoms with E-state index in [1.54, 1.807) is 6.92 Å². The number of hydrogen-bond acceptors (Lipinski definition) is 4. The fraction of sp³-hybridized carbons (Fsp3) is 0.769. The zero-order valence-corrected chi connectivity index (χ0v) is 11.8. The van der Waals surface area contributed by atoms with E-state index in [1.807, 2.05) is 4.90 Å². The van der Waals surface area contributed by atoms with Crippen LogP contribution in [0.5, 0.6) is 0 Å². The Morgan fingerprint density at radius 1 is 1.47 bits per heavy atom. The SMILES string of the molecule is CCCN(CC1CCCCN1)C(=O)c1n[nH]c(C)n1. The lowest BCUT2D eigenvalue weighted by atomic mass is 10.0. The summed E-state index contributed by atoms with van der Waals surface area (Å²) in [6.07, 6.45) is 4.56. The molecule has 0 saturated carbocycles. The van der Waals surface area contributed by atoms with Crippen molar-refractivity contribution in [3.63, 3.8) is 0 Å². The smallest absolute Gasteiger partial charge is 0.293 e. The van der Waals surface area contributed by atoms with Crippen LogP contribution in [-0.4, -0.2) is 51.7 Å². The number of carbonyl (C=O) groups is 1. The van der Waals surface area contributed by atoms with E-state index in [2.05, 4.69) is 27.4 Å². The Kier molecular flexibility index (Phi) is 4.90. The first-order valence-corrected chi connectivity index (χ1v) is 7.12. The lowest BCUT2D eigenvalue weighted by Crippen LogP contribution is -2.46. The number of H-pyrrole nitrogens is 1. The minimum Gasteiger partial charge on any atom is -0.334 e. The summed E-state index contributed by atoms with van der Waals surface area (Å²) >= 11 is 0. The Morgan fingerprint density at radius 2 is 2.32 bits per heavy atom. The number of aromatic amines is 1. The monoisotopic (exact) mass is 265 g/mol. The van der Waals surface area contributed by atoms with Gasteiger partial charge in [0.15, 0.2) is 0 Å². The van der Waals surface area contributed by atoms with Crippen LogP contribution in [0.25, 0.3) is 0 Å². The van der Waals surface area contributed by atoms with Crippen molar-refractivity contribution in [1.29, 1.82) is 0 Å². The highest BCUT2D eigenvalue weighted by Crippen LogP contribution is 2.10. The van der Waals surface area contributed by atoms with Crippen molar-refractivity contribution in [2.45, 2.75) is 45.6 Å². The van der Waals surface area contributed by atoms with Crippen LogP contribution in [0.3, 0.4) is 0 Å². The molecule has 2 N–H and O–H groups in total. The topological polar surface area (TPSA) is 73.9 Å². The van der Waals surface area contributed by atoms with Gasteiger partial charge in [0.2, 0.25) is 5.82 Å². The molecule has 1 amide bonds. The van der Waals surface area contributed by atoms with E-state index in [-0.39, 0.29) is 11.7 Å². The number of amides is 1. The molecule has 6 heteroatoms. The molecule has 1 fully saturated rings. The van der Waals surface area contributed by atoms with Gasteiger partial charge < -0.3 is 10.2 Å². The van der Waals surface area contributed by atoms with Crippen molar-refractivity contribution in [1.82, 2.24) is 25.4 Å². The minimum absolute atomic E-state index is 0.0708. The molecule has 1 aromatic rings. The lowest BCUT2D eigenvalue weighted by Gasteiger charge is -2.29. The number of rotatable bonds is 5. The van der Waals surface area contributed by atoms with Gasteiger partial charge in [0.25, 0.3) is 5.91 Å². The van der Waals surface area contributed by atoms with Gasteiger partial charge in [-0.15, -0.1) is 5.10 Å². The molecule has 0 radical (unpaired) electrons. The maximum Gasteiger partial charge on any atom is 0.293 e. The van der Waals surface area contributed by atoms with Crippen molar-refractivity contribution in [2.24, 2.45) is 0 Å². The predicted octanol–water partition coefficient (Wildman–Crippen LogP) is 1.11. The van der Waals surface area contributed by atoms with Gasteiger partial charge in [-0.1, -0.05) is 13.3 Å². The predicted molar refractivity (Wildman–Crippen MR) is 73.0 cm³/mol. The quantitative estimate of drug-likeness (QED) is 0.836. The van der Waals surface area contributed by atoms with E-state index in [0.29, 0.717) is 11.9 Å². The molecule has 6 nitrogen and oxygen atoms in total. The van der Waals surface area contributed by atoms with Crippen LogP contribution in [0.1, 0.15) is 49.1 Å². The molecule has 106 valence electrons. The average Bonchev–Trinajstić information content (AvgIpc) is 2.85. The molecule has 1 unspecified atom stereocenters. The zero-order chi connectivity index (χ0) is 13.7. The number of aromatic nitrogens is 3. The Labute approximate surface area is 114 Å². The molecule has 1 atom stereocenters. The van der Waals surface area contributed by atoms with E-state index in [1.165, 1.54) is 12.8 Å². The van der Waals surface area contributed by atoms with Crippen LogP contribution in [-0.2, 0) is 0 Å². The van der Waals surface area contributed by atoms with Gasteiger partial charge in [-0.05, 0) is 32.7 Å². The first-order valence-electron chi connectivity index (χ1n) is 7.12. The third-order valence-corrected chi connectivity index (χ3v) is 3.42. The highest BCUT2D eigenvalue weighted by molar-refractivity contribution is 5.90. The van der Waals surface area contributed by atoms with Crippen molar-refractivity contribution in [3.8, 4) is 0 Å². The second-order valence-electron chi connectivity index (χ2n) is 5.14. The lowest BCUT2D eigenvalue weighted by molar-refractivity contribution is 0.0720. The van der Waals surface area contributed by atoms with Crippen LogP contribution < -0.4 is 5.32 Å². The third-order valence-electron chi connectivity index (χ3n) is 3.42. The van der Waals surface area contributed by atoms with Crippen molar-refractivity contribution in [3.05, 3.63) is 11.6 Å². The molecule has 19 heavy (non-hydrogen) atoms. The largest absolute Gasteiger partial charge is 0.334 e. The van der Waals surface area contributed by atoms with Crippen LogP contribution in [0.2, 0.25) is 0 Å². The maximum absolute atomic E-state index is 12.4. The second kappa shape index (κ2) is 6.65. The van der Waals surface area contributed by atoms with Gasteiger partial charge in [0.1, 0.15) is 5.82 Å². The van der Waals surface area contributed by atoms with Crippen LogP contribution in [0, 0.1) is 6.92 Å². The van der Waals surface area contributed by atoms with E-state index >= 15 is 0 Å². The van der Waals surface area contributed by atoms with Gasteiger partial charge in [-0.3, -0.25) is 9.89 Å². The van der Waals surface area contributed by atoms with Gasteiger partial charge >= 0.3 is 0 Å². The van der Waals surface area contributed by atoms with Crippen molar-refractivity contribution in [2.75, 3.05) is 19.6 Å². The highest BCUT2D eigenvalue weighted by atomic mass is 16.2. The fourth-order valence-corrected chi connectivity index (χ4v) is 2.47. The molecule has 1 aliphatic rings. The summed E-state index contributed by atoms with van der Waals surface area (Å²) < 4.78 is 0. The van der Waals surface area contributed by atoms with Crippen molar-refractivity contribution >= 4 is 5.91 Å². The minimum atomic E-state index is -0.0708. The summed E-state index contributed by atoms with van der Waals surface area (Å²) in [4.78, 5) is 18.4. The summed E-state index contributed by atoms with van der Waals surface area (Å²) in [5, 5.41) is 10.2. The fourth-order valence-electron chi connectivity index (χ4n) is 2.47. The molecule has 2 rings (SSSR count). The molecule has 0 aromatic carbocycles. The van der Waals surface area contributed by atoms with Crippen LogP contribution >= 0.6 is 0 Å². The number of hydrogen-bond donors (Lipinski definition) is 2. The van der Waals surface area contributed by atoms with E-state index in [9.17, 15) is 4.79 Å². The molecule has 0 aliphatic carbocycles. The summed E-state index contributed by atoms with van der Waals surface area (Å²) in [5.74, 6) is 0.885. The molecule has 1 aliphatic heterocycles. The first-order chi connectivity index (χ1) is 9.20. The molecule has 0 bridgehead atoms. The van der Waals surface area contributed by atoms with Gasteiger partial charge in [0, 0.05) is 19.1 Å². The summed E-state index contributed by atoms with van der Waals surface area (Å²) in [6, 6.07) is 0.407.